The maximum absolute atomic E-state index is 13.1. The van der Waals surface area contributed by atoms with Crippen LogP contribution < -0.4 is 41.5 Å². The third-order valence-corrected chi connectivity index (χ3v) is 12.9. The monoisotopic (exact) mass is 855 g/mol. The Hall–Kier alpha value is -5.66. The van der Waals surface area contributed by atoms with E-state index in [9.17, 15) is 23.7 Å². The van der Waals surface area contributed by atoms with Gasteiger partial charge in [0.25, 0.3) is 5.91 Å². The summed E-state index contributed by atoms with van der Waals surface area (Å²) in [5.41, 5.74) is 4.67. The SMILES string of the molecule is COc1cc(N2CCC(NC(=O)CCCCCNc3cccc4c3CN(C3CCC(=O)NC3=O)C4=O)CC2)ccc1Nc1ncc(Cl)c(Nc2ccccc2P(C)(C)=O)n1. The van der Waals surface area contributed by atoms with E-state index in [0.29, 0.717) is 70.7 Å². The third kappa shape index (κ3) is 10.0. The van der Waals surface area contributed by atoms with E-state index in [-0.39, 0.29) is 30.2 Å². The molecule has 17 heteroatoms. The number of benzene rings is 3. The van der Waals surface area contributed by atoms with E-state index in [4.69, 9.17) is 16.3 Å². The lowest BCUT2D eigenvalue weighted by Gasteiger charge is -2.34. The van der Waals surface area contributed by atoms with Gasteiger partial charge in [-0.25, -0.2) is 4.98 Å². The molecule has 0 bridgehead atoms. The summed E-state index contributed by atoms with van der Waals surface area (Å²) in [5.74, 6) is 0.457. The van der Waals surface area contributed by atoms with Crippen LogP contribution in [0.2, 0.25) is 5.02 Å². The first-order valence-corrected chi connectivity index (χ1v) is 23.3. The summed E-state index contributed by atoms with van der Waals surface area (Å²) in [6.07, 6.45) is 6.68. The van der Waals surface area contributed by atoms with Gasteiger partial charge < -0.3 is 40.4 Å². The molecule has 5 N–H and O–H groups in total. The highest BCUT2D eigenvalue weighted by Gasteiger charge is 2.39. The minimum absolute atomic E-state index is 0.0640. The van der Waals surface area contributed by atoms with Crippen LogP contribution in [0.4, 0.5) is 34.5 Å². The zero-order chi connectivity index (χ0) is 42.4. The third-order valence-electron chi connectivity index (χ3n) is 11.1. The Kier molecular flexibility index (Phi) is 13.3. The number of amides is 4. The van der Waals surface area contributed by atoms with Gasteiger partial charge >= 0.3 is 0 Å². The Morgan fingerprint density at radius 3 is 2.50 bits per heavy atom. The maximum atomic E-state index is 13.1. The van der Waals surface area contributed by atoms with Crippen LogP contribution in [0, 0.1) is 0 Å². The molecule has 1 unspecified atom stereocenters. The minimum atomic E-state index is -2.56. The van der Waals surface area contributed by atoms with Gasteiger partial charge in [0.15, 0.2) is 5.82 Å². The number of rotatable bonds is 16. The number of imide groups is 1. The van der Waals surface area contributed by atoms with Gasteiger partial charge in [-0.2, -0.15) is 4.98 Å². The number of piperidine rings is 2. The number of nitrogens with zero attached hydrogens (tertiary/aromatic N) is 4. The molecule has 3 aliphatic heterocycles. The Morgan fingerprint density at radius 1 is 0.950 bits per heavy atom. The summed E-state index contributed by atoms with van der Waals surface area (Å²) < 4.78 is 18.6. The number of methoxy groups -OCH3 is 1. The molecule has 3 aromatic carbocycles. The van der Waals surface area contributed by atoms with Crippen LogP contribution >= 0.6 is 18.7 Å². The van der Waals surface area contributed by atoms with Gasteiger partial charge in [0.2, 0.25) is 23.7 Å². The maximum Gasteiger partial charge on any atom is 0.255 e. The predicted molar refractivity (Wildman–Crippen MR) is 235 cm³/mol. The van der Waals surface area contributed by atoms with Crippen molar-refractivity contribution >= 4 is 82.2 Å². The lowest BCUT2D eigenvalue weighted by atomic mass is 10.0. The molecule has 316 valence electrons. The highest BCUT2D eigenvalue weighted by Crippen LogP contribution is 2.39. The molecule has 4 heterocycles. The fourth-order valence-electron chi connectivity index (χ4n) is 7.94. The summed E-state index contributed by atoms with van der Waals surface area (Å²) in [5, 5.41) is 16.5. The fraction of sp³-hybridized carbons (Fsp3) is 0.395. The van der Waals surface area contributed by atoms with Gasteiger partial charge in [0.1, 0.15) is 24.0 Å². The smallest absolute Gasteiger partial charge is 0.255 e. The van der Waals surface area contributed by atoms with Crippen molar-refractivity contribution in [1.29, 1.82) is 0 Å². The highest BCUT2D eigenvalue weighted by atomic mass is 35.5. The van der Waals surface area contributed by atoms with Crippen molar-refractivity contribution < 1.29 is 28.5 Å². The van der Waals surface area contributed by atoms with Gasteiger partial charge in [-0.15, -0.1) is 0 Å². The molecule has 1 aromatic heterocycles. The number of para-hydroxylation sites is 1. The van der Waals surface area contributed by atoms with E-state index >= 15 is 0 Å². The van der Waals surface area contributed by atoms with Crippen molar-refractivity contribution in [2.24, 2.45) is 0 Å². The van der Waals surface area contributed by atoms with E-state index in [1.165, 1.54) is 6.20 Å². The van der Waals surface area contributed by atoms with Crippen molar-refractivity contribution in [2.75, 3.05) is 60.9 Å². The molecule has 2 saturated heterocycles. The van der Waals surface area contributed by atoms with Crippen molar-refractivity contribution in [2.45, 2.75) is 70.0 Å². The number of nitrogens with one attached hydrogen (secondary N) is 5. The van der Waals surface area contributed by atoms with Gasteiger partial charge in [0, 0.05) is 78.9 Å². The lowest BCUT2D eigenvalue weighted by molar-refractivity contribution is -0.137. The van der Waals surface area contributed by atoms with E-state index in [1.807, 2.05) is 54.6 Å². The first-order chi connectivity index (χ1) is 28.9. The summed E-state index contributed by atoms with van der Waals surface area (Å²) in [6.45, 7) is 6.02. The molecule has 0 aliphatic carbocycles. The molecule has 2 fully saturated rings. The van der Waals surface area contributed by atoms with E-state index < -0.39 is 19.1 Å². The molecule has 15 nitrogen and oxygen atoms in total. The standard InChI is InChI=1S/C43H51ClN9O6P/c1-59-36-24-28(15-16-33(36)49-43-46-25-31(44)40(51-43)48-34-11-6-7-13-37(34)60(2,3)58)52-22-19-27(20-23-52)47-38(54)14-5-4-8-21-45-32-12-9-10-29-30(32)26-53(42(29)57)35-17-18-39(55)50-41(35)56/h6-7,9-13,15-16,24-25,27,35,45H,4-5,8,14,17-23,26H2,1-3H3,(H,47,54)(H,50,55,56)(H2,46,48,49,51). The number of halogens is 1. The number of unbranched alkanes of at least 4 members (excludes halogenated alkanes) is 2. The molecule has 7 rings (SSSR count). The molecular formula is C43H51ClN9O6P. The van der Waals surface area contributed by atoms with Gasteiger partial charge in [-0.05, 0) is 81.8 Å². The summed E-state index contributed by atoms with van der Waals surface area (Å²) in [7, 11) is -0.948. The van der Waals surface area contributed by atoms with E-state index in [2.05, 4.69) is 41.5 Å². The van der Waals surface area contributed by atoms with Gasteiger partial charge in [0.05, 0.1) is 24.7 Å². The highest BCUT2D eigenvalue weighted by molar-refractivity contribution is 7.70. The number of hydrogen-bond donors (Lipinski definition) is 5. The van der Waals surface area contributed by atoms with Crippen LogP contribution in [0.5, 0.6) is 5.75 Å². The largest absolute Gasteiger partial charge is 0.494 e. The second-order valence-electron chi connectivity index (χ2n) is 15.7. The minimum Gasteiger partial charge on any atom is -0.494 e. The second-order valence-corrected chi connectivity index (χ2v) is 19.3. The number of anilines is 6. The Bertz CT molecular complexity index is 2310. The Morgan fingerprint density at radius 2 is 1.73 bits per heavy atom. The lowest BCUT2D eigenvalue weighted by Crippen LogP contribution is -2.52. The first kappa shape index (κ1) is 42.5. The van der Waals surface area contributed by atoms with Crippen LogP contribution in [0.25, 0.3) is 0 Å². The van der Waals surface area contributed by atoms with Crippen molar-refractivity contribution in [1.82, 2.24) is 25.5 Å². The van der Waals surface area contributed by atoms with Crippen molar-refractivity contribution in [3.63, 3.8) is 0 Å². The van der Waals surface area contributed by atoms with Crippen LogP contribution in [0.3, 0.4) is 0 Å². The van der Waals surface area contributed by atoms with E-state index in [1.54, 1.807) is 31.4 Å². The zero-order valence-electron chi connectivity index (χ0n) is 34.1. The molecule has 60 heavy (non-hydrogen) atoms. The van der Waals surface area contributed by atoms with Crippen LogP contribution in [-0.2, 0) is 25.5 Å². The first-order valence-electron chi connectivity index (χ1n) is 20.3. The Balaban J connectivity index is 0.832. The van der Waals surface area contributed by atoms with Gasteiger partial charge in [-0.1, -0.05) is 36.2 Å². The molecule has 4 aromatic rings. The number of fused-ring (bicyclic) bond motifs is 1. The summed E-state index contributed by atoms with van der Waals surface area (Å²) in [4.78, 5) is 62.8. The van der Waals surface area contributed by atoms with Crippen molar-refractivity contribution in [3.05, 3.63) is 83.0 Å². The Labute approximate surface area is 354 Å². The van der Waals surface area contributed by atoms with Gasteiger partial charge in [-0.3, -0.25) is 24.5 Å². The van der Waals surface area contributed by atoms with Crippen molar-refractivity contribution in [3.8, 4) is 5.75 Å². The molecular weight excluding hydrogens is 805 g/mol. The normalized spacial score (nSPS) is 16.9. The fourth-order valence-corrected chi connectivity index (χ4v) is 9.23. The second kappa shape index (κ2) is 18.7. The predicted octanol–water partition coefficient (Wildman–Crippen LogP) is 6.39. The van der Waals surface area contributed by atoms with Crippen LogP contribution in [-0.4, -0.2) is 90.7 Å². The summed E-state index contributed by atoms with van der Waals surface area (Å²) in [6, 6.07) is 18.3. The van der Waals surface area contributed by atoms with E-state index in [0.717, 1.165) is 62.1 Å². The molecule has 0 spiro atoms. The number of aromatic nitrogens is 2. The molecule has 0 radical (unpaired) electrons. The summed E-state index contributed by atoms with van der Waals surface area (Å²) >= 11 is 6.46. The number of carbonyl (C=O) groups is 4. The molecule has 0 saturated carbocycles. The number of carbonyl (C=O) groups excluding carboxylic acids is 4. The molecule has 4 amide bonds. The number of hydrogen-bond acceptors (Lipinski definition) is 12. The molecule has 3 aliphatic rings. The van der Waals surface area contributed by atoms with Crippen LogP contribution in [0.15, 0.2) is 66.9 Å². The topological polar surface area (TPSA) is 187 Å². The average molecular weight is 856 g/mol. The van der Waals surface area contributed by atoms with Crippen LogP contribution in [0.1, 0.15) is 67.3 Å². The zero-order valence-corrected chi connectivity index (χ0v) is 35.7. The number of ether oxygens (including phenoxy) is 1. The quantitative estimate of drug-likeness (QED) is 0.0476. The average Bonchev–Trinajstić information content (AvgIpc) is 3.56. The molecule has 1 atom stereocenters.